The summed E-state index contributed by atoms with van der Waals surface area (Å²) >= 11 is 0. The zero-order valence-electron chi connectivity index (χ0n) is 12.7. The van der Waals surface area contributed by atoms with E-state index < -0.39 is 0 Å². The normalized spacial score (nSPS) is 31.5. The second-order valence-electron chi connectivity index (χ2n) is 5.71. The van der Waals surface area contributed by atoms with Gasteiger partial charge in [0.05, 0.1) is 0 Å². The summed E-state index contributed by atoms with van der Waals surface area (Å²) in [7, 11) is 0. The largest absolute Gasteiger partial charge is 0.296 e. The first kappa shape index (κ1) is 16.0. The van der Waals surface area contributed by atoms with Gasteiger partial charge in [0.2, 0.25) is 0 Å². The Labute approximate surface area is 104 Å². The van der Waals surface area contributed by atoms with E-state index in [2.05, 4.69) is 46.4 Å². The van der Waals surface area contributed by atoms with E-state index in [0.29, 0.717) is 6.04 Å². The van der Waals surface area contributed by atoms with Crippen molar-refractivity contribution in [2.75, 3.05) is 0 Å². The molecule has 1 aliphatic heterocycles. The summed E-state index contributed by atoms with van der Waals surface area (Å²) in [6.45, 7) is 18.2. The highest BCUT2D eigenvalue weighted by Crippen LogP contribution is 2.33. The van der Waals surface area contributed by atoms with Gasteiger partial charge in [0.25, 0.3) is 0 Å². The standard InChI is InChI=1S/C13H27N.C2H6/c1-9(2)13-7-11(5)14(10(3)4)12(6)8-13;1-2/h9-13H,7-8H2,1-6H3;1-2H3. The number of hydrogen-bond donors (Lipinski definition) is 0. The van der Waals surface area contributed by atoms with Gasteiger partial charge >= 0.3 is 0 Å². The van der Waals surface area contributed by atoms with Gasteiger partial charge in [-0.2, -0.15) is 0 Å². The fraction of sp³-hybridized carbons (Fsp3) is 1.00. The van der Waals surface area contributed by atoms with Crippen LogP contribution in [0, 0.1) is 11.8 Å². The third-order valence-corrected chi connectivity index (χ3v) is 3.84. The van der Waals surface area contributed by atoms with Crippen LogP contribution >= 0.6 is 0 Å². The number of rotatable bonds is 2. The van der Waals surface area contributed by atoms with Gasteiger partial charge in [-0.3, -0.25) is 4.90 Å². The summed E-state index contributed by atoms with van der Waals surface area (Å²) < 4.78 is 0. The average Bonchev–Trinajstić information content (AvgIpc) is 2.18. The minimum atomic E-state index is 0.702. The Morgan fingerprint density at radius 1 is 0.875 bits per heavy atom. The topological polar surface area (TPSA) is 3.24 Å². The maximum atomic E-state index is 2.68. The van der Waals surface area contributed by atoms with E-state index in [1.165, 1.54) is 12.8 Å². The maximum absolute atomic E-state index is 2.68. The zero-order valence-corrected chi connectivity index (χ0v) is 12.7. The molecule has 1 fully saturated rings. The molecule has 0 aliphatic carbocycles. The number of likely N-dealkylation sites (tertiary alicyclic amines) is 1. The second kappa shape index (κ2) is 7.32. The summed E-state index contributed by atoms with van der Waals surface area (Å²) in [5.41, 5.74) is 0. The molecule has 1 heterocycles. The van der Waals surface area contributed by atoms with Crippen molar-refractivity contribution in [1.29, 1.82) is 0 Å². The van der Waals surface area contributed by atoms with Gasteiger partial charge in [-0.25, -0.2) is 0 Å². The van der Waals surface area contributed by atoms with Gasteiger partial charge in [-0.1, -0.05) is 27.7 Å². The van der Waals surface area contributed by atoms with Crippen LogP contribution in [0.1, 0.15) is 68.2 Å². The molecular formula is C15H33N. The molecular weight excluding hydrogens is 194 g/mol. The van der Waals surface area contributed by atoms with Crippen molar-refractivity contribution >= 4 is 0 Å². The molecule has 16 heavy (non-hydrogen) atoms. The molecule has 1 aliphatic rings. The molecule has 0 aromatic heterocycles. The predicted octanol–water partition coefficient (Wildman–Crippen LogP) is 4.57. The molecule has 1 rings (SSSR count). The summed E-state index contributed by atoms with van der Waals surface area (Å²) in [6, 6.07) is 2.24. The van der Waals surface area contributed by atoms with Gasteiger partial charge in [0.15, 0.2) is 0 Å². The van der Waals surface area contributed by atoms with E-state index in [1.807, 2.05) is 13.8 Å². The van der Waals surface area contributed by atoms with Crippen molar-refractivity contribution < 1.29 is 0 Å². The van der Waals surface area contributed by atoms with Crippen LogP contribution in [0.5, 0.6) is 0 Å². The summed E-state index contributed by atoms with van der Waals surface area (Å²) in [5.74, 6) is 1.80. The molecule has 0 spiro atoms. The lowest BCUT2D eigenvalue weighted by Crippen LogP contribution is -2.50. The molecule has 2 unspecified atom stereocenters. The smallest absolute Gasteiger partial charge is 0.00751 e. The Morgan fingerprint density at radius 2 is 1.25 bits per heavy atom. The van der Waals surface area contributed by atoms with Crippen molar-refractivity contribution in [2.45, 2.75) is 86.4 Å². The van der Waals surface area contributed by atoms with Crippen molar-refractivity contribution in [2.24, 2.45) is 11.8 Å². The molecule has 0 radical (unpaired) electrons. The Bertz CT molecular complexity index is 162. The molecule has 0 saturated carbocycles. The first-order valence-electron chi connectivity index (χ1n) is 7.21. The quantitative estimate of drug-likeness (QED) is 0.668. The third kappa shape index (κ3) is 4.08. The monoisotopic (exact) mass is 227 g/mol. The lowest BCUT2D eigenvalue weighted by molar-refractivity contribution is 0.0295. The van der Waals surface area contributed by atoms with Crippen LogP contribution in [-0.4, -0.2) is 23.0 Å². The first-order chi connectivity index (χ1) is 7.43. The highest BCUT2D eigenvalue weighted by molar-refractivity contribution is 4.87. The summed E-state index contributed by atoms with van der Waals surface area (Å²) in [5, 5.41) is 0. The number of nitrogens with zero attached hydrogens (tertiary/aromatic N) is 1. The zero-order chi connectivity index (χ0) is 12.9. The average molecular weight is 227 g/mol. The van der Waals surface area contributed by atoms with Crippen LogP contribution in [0.25, 0.3) is 0 Å². The molecule has 0 bridgehead atoms. The molecule has 1 nitrogen and oxygen atoms in total. The van der Waals surface area contributed by atoms with E-state index in [4.69, 9.17) is 0 Å². The molecule has 1 heteroatoms. The van der Waals surface area contributed by atoms with Crippen LogP contribution < -0.4 is 0 Å². The van der Waals surface area contributed by atoms with Crippen LogP contribution in [0.4, 0.5) is 0 Å². The molecule has 0 aromatic carbocycles. The summed E-state index contributed by atoms with van der Waals surface area (Å²) in [6.07, 6.45) is 2.78. The molecule has 0 N–H and O–H groups in total. The predicted molar refractivity (Wildman–Crippen MR) is 74.8 cm³/mol. The fourth-order valence-corrected chi connectivity index (χ4v) is 3.21. The Balaban J connectivity index is 0.00000106. The van der Waals surface area contributed by atoms with Crippen LogP contribution in [0.15, 0.2) is 0 Å². The molecule has 1 saturated heterocycles. The third-order valence-electron chi connectivity index (χ3n) is 3.84. The van der Waals surface area contributed by atoms with Crippen LogP contribution in [0.2, 0.25) is 0 Å². The van der Waals surface area contributed by atoms with Gasteiger partial charge < -0.3 is 0 Å². The van der Waals surface area contributed by atoms with Gasteiger partial charge in [0, 0.05) is 18.1 Å². The van der Waals surface area contributed by atoms with Crippen molar-refractivity contribution in [3.8, 4) is 0 Å². The lowest BCUT2D eigenvalue weighted by Gasteiger charge is -2.46. The maximum Gasteiger partial charge on any atom is 0.00751 e. The van der Waals surface area contributed by atoms with Crippen molar-refractivity contribution in [1.82, 2.24) is 4.90 Å². The Kier molecular flexibility index (Phi) is 7.30. The number of piperidine rings is 1. The van der Waals surface area contributed by atoms with E-state index in [0.717, 1.165) is 23.9 Å². The highest BCUT2D eigenvalue weighted by Gasteiger charge is 2.33. The van der Waals surface area contributed by atoms with Crippen LogP contribution in [0.3, 0.4) is 0 Å². The van der Waals surface area contributed by atoms with Gasteiger partial charge in [-0.15, -0.1) is 0 Å². The van der Waals surface area contributed by atoms with E-state index in [-0.39, 0.29) is 0 Å². The Hall–Kier alpha value is -0.0400. The lowest BCUT2D eigenvalue weighted by atomic mass is 9.80. The van der Waals surface area contributed by atoms with Crippen LogP contribution in [-0.2, 0) is 0 Å². The van der Waals surface area contributed by atoms with Crippen molar-refractivity contribution in [3.63, 3.8) is 0 Å². The SMILES string of the molecule is CC.CC(C)C1CC(C)N(C(C)C)C(C)C1. The molecule has 2 atom stereocenters. The second-order valence-corrected chi connectivity index (χ2v) is 5.71. The van der Waals surface area contributed by atoms with Crippen molar-refractivity contribution in [3.05, 3.63) is 0 Å². The number of hydrogen-bond acceptors (Lipinski definition) is 1. The Morgan fingerprint density at radius 3 is 1.50 bits per heavy atom. The van der Waals surface area contributed by atoms with E-state index in [9.17, 15) is 0 Å². The van der Waals surface area contributed by atoms with E-state index in [1.54, 1.807) is 0 Å². The van der Waals surface area contributed by atoms with E-state index >= 15 is 0 Å². The minimum Gasteiger partial charge on any atom is -0.296 e. The molecule has 0 amide bonds. The summed E-state index contributed by atoms with van der Waals surface area (Å²) in [4.78, 5) is 2.68. The molecule has 0 aromatic rings. The van der Waals surface area contributed by atoms with Gasteiger partial charge in [0.1, 0.15) is 0 Å². The highest BCUT2D eigenvalue weighted by atomic mass is 15.2. The molecule has 98 valence electrons. The fourth-order valence-electron chi connectivity index (χ4n) is 3.21. The van der Waals surface area contributed by atoms with Gasteiger partial charge in [-0.05, 0) is 52.4 Å². The minimum absolute atomic E-state index is 0.702. The first-order valence-corrected chi connectivity index (χ1v) is 7.21.